The lowest BCUT2D eigenvalue weighted by Gasteiger charge is -2.23. The van der Waals surface area contributed by atoms with Crippen LogP contribution in [0.15, 0.2) is 29.3 Å². The first-order valence-corrected chi connectivity index (χ1v) is 8.72. The Hall–Kier alpha value is -1.02. The molecule has 1 heterocycles. The number of likely N-dealkylation sites (tertiary alicyclic amines) is 1. The van der Waals surface area contributed by atoms with Crippen LogP contribution in [0.1, 0.15) is 38.7 Å². The van der Waals surface area contributed by atoms with Gasteiger partial charge in [-0.15, -0.1) is 24.0 Å². The maximum absolute atomic E-state index is 5.99. The van der Waals surface area contributed by atoms with Crippen LogP contribution in [-0.4, -0.2) is 43.1 Å². The van der Waals surface area contributed by atoms with Gasteiger partial charge in [0.05, 0.1) is 13.2 Å². The minimum absolute atomic E-state index is 0. The summed E-state index contributed by atoms with van der Waals surface area (Å²) in [6.07, 6.45) is 3.53. The Labute approximate surface area is 163 Å². The monoisotopic (exact) mass is 446 g/mol. The minimum Gasteiger partial charge on any atom is -0.494 e. The molecule has 0 radical (unpaired) electrons. The van der Waals surface area contributed by atoms with Gasteiger partial charge < -0.3 is 15.8 Å². The molecule has 136 valence electrons. The Morgan fingerprint density at radius 2 is 2.25 bits per heavy atom. The summed E-state index contributed by atoms with van der Waals surface area (Å²) < 4.78 is 5.64. The van der Waals surface area contributed by atoms with E-state index in [9.17, 15) is 0 Å². The van der Waals surface area contributed by atoms with Gasteiger partial charge in [0.15, 0.2) is 5.96 Å². The molecule has 0 amide bonds. The normalized spacial score (nSPS) is 18.2. The second kappa shape index (κ2) is 11.5. The molecular formula is C18H31IN4O. The molecule has 1 saturated heterocycles. The highest BCUT2D eigenvalue weighted by Gasteiger charge is 2.22. The number of rotatable bonds is 8. The predicted molar refractivity (Wildman–Crippen MR) is 111 cm³/mol. The molecular weight excluding hydrogens is 415 g/mol. The third-order valence-corrected chi connectivity index (χ3v) is 4.23. The summed E-state index contributed by atoms with van der Waals surface area (Å²) in [6, 6.07) is 8.63. The Kier molecular flexibility index (Phi) is 10.1. The van der Waals surface area contributed by atoms with E-state index in [0.29, 0.717) is 18.5 Å². The zero-order valence-electron chi connectivity index (χ0n) is 14.8. The maximum atomic E-state index is 5.99. The van der Waals surface area contributed by atoms with Gasteiger partial charge >= 0.3 is 0 Å². The summed E-state index contributed by atoms with van der Waals surface area (Å²) in [4.78, 5) is 6.93. The molecule has 0 saturated carbocycles. The number of hydrogen-bond acceptors (Lipinski definition) is 3. The first-order valence-electron chi connectivity index (χ1n) is 8.72. The molecule has 1 aliphatic rings. The quantitative estimate of drug-likeness (QED) is 0.366. The van der Waals surface area contributed by atoms with Gasteiger partial charge in [-0.05, 0) is 50.0 Å². The van der Waals surface area contributed by atoms with Crippen LogP contribution in [0.4, 0.5) is 0 Å². The highest BCUT2D eigenvalue weighted by Crippen LogP contribution is 2.16. The van der Waals surface area contributed by atoms with Crippen molar-refractivity contribution in [1.82, 2.24) is 10.2 Å². The van der Waals surface area contributed by atoms with Crippen molar-refractivity contribution in [3.63, 3.8) is 0 Å². The van der Waals surface area contributed by atoms with Crippen molar-refractivity contribution in [2.45, 2.75) is 45.7 Å². The maximum Gasteiger partial charge on any atom is 0.188 e. The van der Waals surface area contributed by atoms with E-state index in [0.717, 1.165) is 37.4 Å². The van der Waals surface area contributed by atoms with E-state index in [1.54, 1.807) is 0 Å². The van der Waals surface area contributed by atoms with E-state index in [2.05, 4.69) is 29.1 Å². The number of nitrogens with zero attached hydrogens (tertiary/aromatic N) is 2. The van der Waals surface area contributed by atoms with Gasteiger partial charge in [0.25, 0.3) is 0 Å². The molecule has 0 aliphatic carbocycles. The summed E-state index contributed by atoms with van der Waals surface area (Å²) in [5, 5.41) is 3.26. The third-order valence-electron chi connectivity index (χ3n) is 4.23. The van der Waals surface area contributed by atoms with Crippen LogP contribution in [0.3, 0.4) is 0 Å². The number of likely N-dealkylation sites (N-methyl/N-ethyl adjacent to an activating group) is 1. The van der Waals surface area contributed by atoms with E-state index >= 15 is 0 Å². The number of aliphatic imine (C=N–C) groups is 1. The molecule has 0 spiro atoms. The molecule has 2 rings (SSSR count). The number of nitrogens with one attached hydrogen (secondary N) is 1. The fraction of sp³-hybridized carbons (Fsp3) is 0.611. The van der Waals surface area contributed by atoms with Crippen molar-refractivity contribution >= 4 is 29.9 Å². The lowest BCUT2D eigenvalue weighted by molar-refractivity contribution is 0.267. The van der Waals surface area contributed by atoms with Gasteiger partial charge in [-0.1, -0.05) is 26.0 Å². The Bertz CT molecular complexity index is 510. The molecule has 1 atom stereocenters. The molecule has 1 aromatic rings. The number of guanidine groups is 1. The van der Waals surface area contributed by atoms with E-state index in [1.165, 1.54) is 19.4 Å². The Morgan fingerprint density at radius 3 is 3.00 bits per heavy atom. The molecule has 0 bridgehead atoms. The van der Waals surface area contributed by atoms with Crippen LogP contribution in [0, 0.1) is 0 Å². The SMILES string of the molecule is CCCOc1cccc(CN=C(N)NCC2CCCN2CC)c1.I. The molecule has 5 nitrogen and oxygen atoms in total. The van der Waals surface area contributed by atoms with Crippen LogP contribution in [-0.2, 0) is 6.54 Å². The van der Waals surface area contributed by atoms with Crippen LogP contribution in [0.5, 0.6) is 5.75 Å². The van der Waals surface area contributed by atoms with Crippen LogP contribution >= 0.6 is 24.0 Å². The molecule has 24 heavy (non-hydrogen) atoms. The number of benzene rings is 1. The molecule has 1 aliphatic heterocycles. The van der Waals surface area contributed by atoms with E-state index in [4.69, 9.17) is 10.5 Å². The van der Waals surface area contributed by atoms with Gasteiger partial charge in [-0.25, -0.2) is 4.99 Å². The minimum atomic E-state index is 0. The second-order valence-electron chi connectivity index (χ2n) is 6.00. The van der Waals surface area contributed by atoms with E-state index < -0.39 is 0 Å². The number of hydrogen-bond donors (Lipinski definition) is 2. The number of halogens is 1. The summed E-state index contributed by atoms with van der Waals surface area (Å²) >= 11 is 0. The van der Waals surface area contributed by atoms with Crippen molar-refractivity contribution in [2.75, 3.05) is 26.2 Å². The fourth-order valence-corrected chi connectivity index (χ4v) is 2.95. The van der Waals surface area contributed by atoms with Gasteiger partial charge in [0, 0.05) is 12.6 Å². The number of ether oxygens (including phenoxy) is 1. The molecule has 1 aromatic carbocycles. The van der Waals surface area contributed by atoms with Crippen LogP contribution < -0.4 is 15.8 Å². The topological polar surface area (TPSA) is 62.9 Å². The van der Waals surface area contributed by atoms with E-state index in [-0.39, 0.29) is 24.0 Å². The van der Waals surface area contributed by atoms with Crippen molar-refractivity contribution < 1.29 is 4.74 Å². The first-order chi connectivity index (χ1) is 11.2. The fourth-order valence-electron chi connectivity index (χ4n) is 2.95. The molecule has 1 fully saturated rings. The standard InChI is InChI=1S/C18H30N4O.HI/c1-3-11-23-17-9-5-7-15(12-17)13-20-18(19)21-14-16-8-6-10-22(16)4-2;/h5,7,9,12,16H,3-4,6,8,10-11,13-14H2,1-2H3,(H3,19,20,21);1H. The summed E-state index contributed by atoms with van der Waals surface area (Å²) in [7, 11) is 0. The average molecular weight is 446 g/mol. The Morgan fingerprint density at radius 1 is 1.42 bits per heavy atom. The third kappa shape index (κ3) is 6.84. The summed E-state index contributed by atoms with van der Waals surface area (Å²) in [5.41, 5.74) is 7.10. The van der Waals surface area contributed by atoms with Crippen molar-refractivity contribution in [3.8, 4) is 5.75 Å². The highest BCUT2D eigenvalue weighted by molar-refractivity contribution is 14.0. The van der Waals surface area contributed by atoms with Gasteiger partial charge in [0.1, 0.15) is 5.75 Å². The molecule has 1 unspecified atom stereocenters. The largest absolute Gasteiger partial charge is 0.494 e. The predicted octanol–water partition coefficient (Wildman–Crippen LogP) is 2.98. The smallest absolute Gasteiger partial charge is 0.188 e. The lowest BCUT2D eigenvalue weighted by atomic mass is 10.2. The molecule has 3 N–H and O–H groups in total. The molecule has 6 heteroatoms. The van der Waals surface area contributed by atoms with Gasteiger partial charge in [-0.3, -0.25) is 4.90 Å². The summed E-state index contributed by atoms with van der Waals surface area (Å²) in [6.45, 7) is 8.81. The zero-order valence-corrected chi connectivity index (χ0v) is 17.2. The second-order valence-corrected chi connectivity index (χ2v) is 6.00. The zero-order chi connectivity index (χ0) is 16.5. The first kappa shape index (κ1) is 21.0. The van der Waals surface area contributed by atoms with Crippen LogP contribution in [0.2, 0.25) is 0 Å². The van der Waals surface area contributed by atoms with Crippen molar-refractivity contribution in [2.24, 2.45) is 10.7 Å². The van der Waals surface area contributed by atoms with Crippen molar-refractivity contribution in [3.05, 3.63) is 29.8 Å². The van der Waals surface area contributed by atoms with E-state index in [1.807, 2.05) is 24.3 Å². The average Bonchev–Trinajstić information content (AvgIpc) is 3.04. The van der Waals surface area contributed by atoms with Gasteiger partial charge in [0.2, 0.25) is 0 Å². The van der Waals surface area contributed by atoms with Gasteiger partial charge in [-0.2, -0.15) is 0 Å². The van der Waals surface area contributed by atoms with Crippen molar-refractivity contribution in [1.29, 1.82) is 0 Å². The highest BCUT2D eigenvalue weighted by atomic mass is 127. The Balaban J connectivity index is 0.00000288. The summed E-state index contributed by atoms with van der Waals surface area (Å²) in [5.74, 6) is 1.42. The van der Waals surface area contributed by atoms with Crippen LogP contribution in [0.25, 0.3) is 0 Å². The lowest BCUT2D eigenvalue weighted by Crippen LogP contribution is -2.42. The molecule has 0 aromatic heterocycles. The number of nitrogens with two attached hydrogens (primary N) is 1.